The van der Waals surface area contributed by atoms with Gasteiger partial charge < -0.3 is 15.1 Å². The summed E-state index contributed by atoms with van der Waals surface area (Å²) in [6.45, 7) is 4.79. The zero-order valence-corrected chi connectivity index (χ0v) is 11.9. The van der Waals surface area contributed by atoms with Crippen LogP contribution < -0.4 is 15.1 Å². The first-order chi connectivity index (χ1) is 9.36. The van der Waals surface area contributed by atoms with Gasteiger partial charge >= 0.3 is 0 Å². The highest BCUT2D eigenvalue weighted by molar-refractivity contribution is 5.57. The quantitative estimate of drug-likeness (QED) is 0.899. The lowest BCUT2D eigenvalue weighted by Crippen LogP contribution is -2.44. The van der Waals surface area contributed by atoms with Crippen LogP contribution in [0.15, 0.2) is 24.3 Å². The molecule has 0 aromatic heterocycles. The lowest BCUT2D eigenvalue weighted by molar-refractivity contribution is 0.449. The fourth-order valence-electron chi connectivity index (χ4n) is 3.30. The van der Waals surface area contributed by atoms with Gasteiger partial charge in [0.25, 0.3) is 0 Å². The van der Waals surface area contributed by atoms with Crippen molar-refractivity contribution in [1.82, 2.24) is 5.32 Å². The lowest BCUT2D eigenvalue weighted by Gasteiger charge is -2.34. The molecular weight excluding hydrogens is 234 g/mol. The molecule has 1 N–H and O–H groups in total. The first kappa shape index (κ1) is 12.8. The molecule has 2 saturated heterocycles. The maximum absolute atomic E-state index is 3.41. The van der Waals surface area contributed by atoms with Crippen molar-refractivity contribution in [2.45, 2.75) is 31.7 Å². The molecule has 0 amide bonds. The van der Waals surface area contributed by atoms with Crippen LogP contribution in [0, 0.1) is 0 Å². The fraction of sp³-hybridized carbons (Fsp3) is 0.625. The monoisotopic (exact) mass is 259 g/mol. The van der Waals surface area contributed by atoms with E-state index in [4.69, 9.17) is 0 Å². The summed E-state index contributed by atoms with van der Waals surface area (Å²) in [6.07, 6.45) is 5.29. The molecule has 0 saturated carbocycles. The predicted octanol–water partition coefficient (Wildman–Crippen LogP) is 2.48. The number of benzene rings is 1. The molecule has 2 aliphatic heterocycles. The average Bonchev–Trinajstić information content (AvgIpc) is 3.02. The first-order valence-corrected chi connectivity index (χ1v) is 7.64. The van der Waals surface area contributed by atoms with Crippen molar-refractivity contribution in [2.24, 2.45) is 0 Å². The second kappa shape index (κ2) is 5.83. The van der Waals surface area contributed by atoms with Crippen molar-refractivity contribution >= 4 is 11.4 Å². The molecule has 1 unspecified atom stereocenters. The van der Waals surface area contributed by atoms with Gasteiger partial charge in [0, 0.05) is 43.6 Å². The van der Waals surface area contributed by atoms with E-state index in [1.54, 1.807) is 0 Å². The number of nitrogens with zero attached hydrogens (tertiary/aromatic N) is 2. The molecule has 19 heavy (non-hydrogen) atoms. The van der Waals surface area contributed by atoms with Gasteiger partial charge in [-0.15, -0.1) is 0 Å². The Bertz CT molecular complexity index is 395. The van der Waals surface area contributed by atoms with Gasteiger partial charge in [0.2, 0.25) is 0 Å². The van der Waals surface area contributed by atoms with Crippen LogP contribution in [0.1, 0.15) is 25.7 Å². The van der Waals surface area contributed by atoms with Crippen LogP contribution in [0.4, 0.5) is 11.4 Å². The number of hydrogen-bond donors (Lipinski definition) is 1. The summed E-state index contributed by atoms with van der Waals surface area (Å²) in [7, 11) is 2.07. The summed E-state index contributed by atoms with van der Waals surface area (Å²) >= 11 is 0. The number of piperidine rings is 1. The first-order valence-electron chi connectivity index (χ1n) is 7.64. The summed E-state index contributed by atoms with van der Waals surface area (Å²) in [5, 5.41) is 3.41. The Labute approximate surface area is 116 Å². The molecule has 1 aromatic rings. The van der Waals surface area contributed by atoms with Crippen molar-refractivity contribution in [3.05, 3.63) is 24.3 Å². The Kier molecular flexibility index (Phi) is 3.92. The minimum Gasteiger partial charge on any atom is -0.372 e. The molecule has 2 heterocycles. The summed E-state index contributed by atoms with van der Waals surface area (Å²) in [6, 6.07) is 9.83. The van der Waals surface area contributed by atoms with E-state index in [-0.39, 0.29) is 0 Å². The molecular formula is C16H25N3. The molecule has 0 spiro atoms. The van der Waals surface area contributed by atoms with Crippen molar-refractivity contribution in [3.8, 4) is 0 Å². The highest BCUT2D eigenvalue weighted by Crippen LogP contribution is 2.25. The van der Waals surface area contributed by atoms with Crippen molar-refractivity contribution in [1.29, 1.82) is 0 Å². The molecule has 0 bridgehead atoms. The Hall–Kier alpha value is -1.22. The van der Waals surface area contributed by atoms with Crippen LogP contribution >= 0.6 is 0 Å². The van der Waals surface area contributed by atoms with E-state index in [9.17, 15) is 0 Å². The van der Waals surface area contributed by atoms with E-state index in [1.807, 2.05) is 0 Å². The molecule has 2 aliphatic rings. The van der Waals surface area contributed by atoms with Gasteiger partial charge in [-0.2, -0.15) is 0 Å². The smallest absolute Gasteiger partial charge is 0.0368 e. The van der Waals surface area contributed by atoms with E-state index >= 15 is 0 Å². The molecule has 3 rings (SSSR count). The summed E-state index contributed by atoms with van der Waals surface area (Å²) in [5.74, 6) is 0. The Balaban J connectivity index is 1.67. The van der Waals surface area contributed by atoms with E-state index < -0.39 is 0 Å². The zero-order chi connectivity index (χ0) is 13.1. The normalized spacial score (nSPS) is 23.9. The molecule has 0 aliphatic carbocycles. The molecule has 3 nitrogen and oxygen atoms in total. The lowest BCUT2D eigenvalue weighted by atomic mass is 10.1. The molecule has 104 valence electrons. The number of rotatable bonds is 3. The Morgan fingerprint density at radius 2 is 1.47 bits per heavy atom. The van der Waals surface area contributed by atoms with Crippen LogP contribution in [-0.4, -0.2) is 39.3 Å². The number of nitrogens with one attached hydrogen (secondary N) is 1. The predicted molar refractivity (Wildman–Crippen MR) is 82.2 cm³/mol. The van der Waals surface area contributed by atoms with Gasteiger partial charge in [0.05, 0.1) is 0 Å². The van der Waals surface area contributed by atoms with Crippen LogP contribution in [0.3, 0.4) is 0 Å². The van der Waals surface area contributed by atoms with Gasteiger partial charge in [0.15, 0.2) is 0 Å². The third-order valence-electron chi connectivity index (χ3n) is 4.52. The molecule has 0 radical (unpaired) electrons. The summed E-state index contributed by atoms with van der Waals surface area (Å²) < 4.78 is 0. The van der Waals surface area contributed by atoms with Gasteiger partial charge in [-0.1, -0.05) is 0 Å². The second-order valence-electron chi connectivity index (χ2n) is 5.78. The molecule has 1 atom stereocenters. The van der Waals surface area contributed by atoms with Crippen LogP contribution in [0.25, 0.3) is 0 Å². The van der Waals surface area contributed by atoms with E-state index in [2.05, 4.69) is 46.4 Å². The summed E-state index contributed by atoms with van der Waals surface area (Å²) in [5.41, 5.74) is 2.77. The van der Waals surface area contributed by atoms with Gasteiger partial charge in [-0.3, -0.25) is 0 Å². The van der Waals surface area contributed by atoms with Crippen molar-refractivity contribution < 1.29 is 0 Å². The molecule has 1 aromatic carbocycles. The summed E-state index contributed by atoms with van der Waals surface area (Å²) in [4.78, 5) is 5.01. The topological polar surface area (TPSA) is 18.5 Å². The van der Waals surface area contributed by atoms with Gasteiger partial charge in [-0.05, 0) is 57.0 Å². The van der Waals surface area contributed by atoms with Crippen molar-refractivity contribution in [3.63, 3.8) is 0 Å². The third kappa shape index (κ3) is 2.86. The number of hydrogen-bond acceptors (Lipinski definition) is 3. The highest BCUT2D eigenvalue weighted by Gasteiger charge is 2.19. The number of anilines is 2. The van der Waals surface area contributed by atoms with Gasteiger partial charge in [-0.25, -0.2) is 0 Å². The zero-order valence-electron chi connectivity index (χ0n) is 11.9. The largest absolute Gasteiger partial charge is 0.372 e. The Morgan fingerprint density at radius 1 is 0.895 bits per heavy atom. The van der Waals surface area contributed by atoms with Crippen molar-refractivity contribution in [2.75, 3.05) is 43.0 Å². The van der Waals surface area contributed by atoms with E-state index in [1.165, 1.54) is 56.7 Å². The minimum absolute atomic E-state index is 0.645. The van der Waals surface area contributed by atoms with Crippen LogP contribution in [0.5, 0.6) is 0 Å². The molecule has 3 heteroatoms. The third-order valence-corrected chi connectivity index (χ3v) is 4.52. The second-order valence-corrected chi connectivity index (χ2v) is 5.78. The SMILES string of the molecule is CNC1CCCN(c2ccc(N3CCCC3)cc2)C1. The minimum atomic E-state index is 0.645. The highest BCUT2D eigenvalue weighted by atomic mass is 15.2. The van der Waals surface area contributed by atoms with Crippen LogP contribution in [0.2, 0.25) is 0 Å². The number of likely N-dealkylation sites (N-methyl/N-ethyl adjacent to an activating group) is 1. The Morgan fingerprint density at radius 3 is 2.11 bits per heavy atom. The maximum atomic E-state index is 3.41. The molecule has 2 fully saturated rings. The standard InChI is InChI=1S/C16H25N3/c1-17-14-5-4-12-19(13-14)16-8-6-15(7-9-16)18-10-2-3-11-18/h6-9,14,17H,2-5,10-13H2,1H3. The van der Waals surface area contributed by atoms with Gasteiger partial charge in [0.1, 0.15) is 0 Å². The maximum Gasteiger partial charge on any atom is 0.0368 e. The van der Waals surface area contributed by atoms with E-state index in [0.29, 0.717) is 6.04 Å². The average molecular weight is 259 g/mol. The van der Waals surface area contributed by atoms with E-state index in [0.717, 1.165) is 6.54 Å². The fourth-order valence-corrected chi connectivity index (χ4v) is 3.30. The van der Waals surface area contributed by atoms with Crippen LogP contribution in [-0.2, 0) is 0 Å².